The molecule has 0 aromatic carbocycles. The predicted molar refractivity (Wildman–Crippen MR) is 55.4 cm³/mol. The summed E-state index contributed by atoms with van der Waals surface area (Å²) in [6.07, 6.45) is 5.78. The fraction of sp³-hybridized carbons (Fsp3) is 0.900. The second-order valence-corrected chi connectivity index (χ2v) is 4.11. The van der Waals surface area contributed by atoms with Crippen molar-refractivity contribution in [2.24, 2.45) is 16.8 Å². The van der Waals surface area contributed by atoms with E-state index in [1.165, 1.54) is 12.8 Å². The SMILES string of the molecule is CC1CCCC(OCC/C(N)=N/O)C1. The molecule has 0 saturated heterocycles. The van der Waals surface area contributed by atoms with Crippen LogP contribution in [0.4, 0.5) is 0 Å². The number of nitrogens with two attached hydrogens (primary N) is 1. The number of ether oxygens (including phenoxy) is 1. The number of amidine groups is 1. The van der Waals surface area contributed by atoms with Crippen LogP contribution in [0.5, 0.6) is 0 Å². The van der Waals surface area contributed by atoms with Crippen molar-refractivity contribution in [1.82, 2.24) is 0 Å². The van der Waals surface area contributed by atoms with Gasteiger partial charge in [-0.1, -0.05) is 24.9 Å². The van der Waals surface area contributed by atoms with Crippen molar-refractivity contribution < 1.29 is 9.94 Å². The number of rotatable bonds is 4. The van der Waals surface area contributed by atoms with Crippen LogP contribution in [-0.4, -0.2) is 23.8 Å². The molecule has 4 nitrogen and oxygen atoms in total. The highest BCUT2D eigenvalue weighted by Crippen LogP contribution is 2.25. The molecule has 0 bridgehead atoms. The van der Waals surface area contributed by atoms with Crippen LogP contribution in [0, 0.1) is 5.92 Å². The van der Waals surface area contributed by atoms with Gasteiger partial charge in [0.15, 0.2) is 0 Å². The first kappa shape index (κ1) is 11.3. The van der Waals surface area contributed by atoms with Gasteiger partial charge in [0.25, 0.3) is 0 Å². The van der Waals surface area contributed by atoms with Crippen LogP contribution in [0.2, 0.25) is 0 Å². The summed E-state index contributed by atoms with van der Waals surface area (Å²) in [5.41, 5.74) is 5.34. The molecule has 3 N–H and O–H groups in total. The lowest BCUT2D eigenvalue weighted by Gasteiger charge is -2.26. The highest BCUT2D eigenvalue weighted by atomic mass is 16.5. The van der Waals surface area contributed by atoms with E-state index in [1.807, 2.05) is 0 Å². The summed E-state index contributed by atoms with van der Waals surface area (Å²) in [7, 11) is 0. The molecule has 1 aliphatic rings. The highest BCUT2D eigenvalue weighted by Gasteiger charge is 2.18. The molecule has 1 fully saturated rings. The first-order chi connectivity index (χ1) is 6.72. The molecular weight excluding hydrogens is 180 g/mol. The van der Waals surface area contributed by atoms with Gasteiger partial charge < -0.3 is 15.7 Å². The van der Waals surface area contributed by atoms with E-state index in [9.17, 15) is 0 Å². The Labute approximate surface area is 85.1 Å². The zero-order chi connectivity index (χ0) is 10.4. The Hall–Kier alpha value is -0.770. The van der Waals surface area contributed by atoms with Crippen LogP contribution >= 0.6 is 0 Å². The fourth-order valence-corrected chi connectivity index (χ4v) is 1.91. The summed E-state index contributed by atoms with van der Waals surface area (Å²) in [6.45, 7) is 2.83. The quantitative estimate of drug-likeness (QED) is 0.314. The standard InChI is InChI=1S/C10H20N2O2/c1-8-3-2-4-9(7-8)14-6-5-10(11)12-13/h8-9,13H,2-7H2,1H3,(H2,11,12). The maximum absolute atomic E-state index is 8.32. The summed E-state index contributed by atoms with van der Waals surface area (Å²) in [5.74, 6) is 1.02. The van der Waals surface area contributed by atoms with Gasteiger partial charge in [-0.3, -0.25) is 0 Å². The van der Waals surface area contributed by atoms with Gasteiger partial charge in [-0.05, 0) is 18.8 Å². The molecule has 0 heterocycles. The second-order valence-electron chi connectivity index (χ2n) is 4.11. The molecule has 2 atom stereocenters. The first-order valence-corrected chi connectivity index (χ1v) is 5.30. The minimum absolute atomic E-state index is 0.244. The minimum Gasteiger partial charge on any atom is -0.409 e. The monoisotopic (exact) mass is 200 g/mol. The van der Waals surface area contributed by atoms with Crippen LogP contribution in [0.25, 0.3) is 0 Å². The van der Waals surface area contributed by atoms with Gasteiger partial charge >= 0.3 is 0 Å². The van der Waals surface area contributed by atoms with Gasteiger partial charge in [-0.25, -0.2) is 0 Å². The lowest BCUT2D eigenvalue weighted by molar-refractivity contribution is 0.0192. The maximum atomic E-state index is 8.32. The zero-order valence-electron chi connectivity index (χ0n) is 8.78. The summed E-state index contributed by atoms with van der Waals surface area (Å²) in [4.78, 5) is 0. The maximum Gasteiger partial charge on any atom is 0.141 e. The summed E-state index contributed by atoms with van der Waals surface area (Å²) < 4.78 is 5.65. The molecular formula is C10H20N2O2. The Morgan fingerprint density at radius 3 is 3.00 bits per heavy atom. The van der Waals surface area contributed by atoms with Crippen molar-refractivity contribution >= 4 is 5.84 Å². The van der Waals surface area contributed by atoms with E-state index in [1.54, 1.807) is 0 Å². The van der Waals surface area contributed by atoms with Gasteiger partial charge in [0.2, 0.25) is 0 Å². The number of hydrogen-bond acceptors (Lipinski definition) is 3. The molecule has 0 aromatic rings. The van der Waals surface area contributed by atoms with Crippen molar-refractivity contribution in [2.75, 3.05) is 6.61 Å². The van der Waals surface area contributed by atoms with Gasteiger partial charge in [0, 0.05) is 6.42 Å². The Morgan fingerprint density at radius 1 is 1.57 bits per heavy atom. The van der Waals surface area contributed by atoms with E-state index >= 15 is 0 Å². The topological polar surface area (TPSA) is 67.8 Å². The van der Waals surface area contributed by atoms with Crippen LogP contribution in [0.15, 0.2) is 5.16 Å². The average Bonchev–Trinajstić information content (AvgIpc) is 2.17. The molecule has 0 spiro atoms. The van der Waals surface area contributed by atoms with E-state index in [0.717, 1.165) is 18.8 Å². The van der Waals surface area contributed by atoms with Crippen LogP contribution in [0.3, 0.4) is 0 Å². The lowest BCUT2D eigenvalue weighted by Crippen LogP contribution is -2.23. The van der Waals surface area contributed by atoms with Crippen molar-refractivity contribution in [1.29, 1.82) is 0 Å². The predicted octanol–water partition coefficient (Wildman–Crippen LogP) is 1.72. The van der Waals surface area contributed by atoms with Crippen LogP contribution in [-0.2, 0) is 4.74 Å². The van der Waals surface area contributed by atoms with E-state index in [-0.39, 0.29) is 5.84 Å². The fourth-order valence-electron chi connectivity index (χ4n) is 1.91. The molecule has 0 amide bonds. The number of nitrogens with zero attached hydrogens (tertiary/aromatic N) is 1. The normalized spacial score (nSPS) is 29.1. The molecule has 2 unspecified atom stereocenters. The Bertz CT molecular complexity index is 195. The van der Waals surface area contributed by atoms with Crippen LogP contribution in [0.1, 0.15) is 39.0 Å². The van der Waals surface area contributed by atoms with Crippen molar-refractivity contribution in [3.63, 3.8) is 0 Å². The smallest absolute Gasteiger partial charge is 0.141 e. The molecule has 0 aromatic heterocycles. The third-order valence-corrected chi connectivity index (χ3v) is 2.73. The minimum atomic E-state index is 0.244. The van der Waals surface area contributed by atoms with Gasteiger partial charge in [-0.2, -0.15) is 0 Å². The third-order valence-electron chi connectivity index (χ3n) is 2.73. The third kappa shape index (κ3) is 3.96. The van der Waals surface area contributed by atoms with Crippen molar-refractivity contribution in [2.45, 2.75) is 45.1 Å². The molecule has 0 aliphatic heterocycles. The Balaban J connectivity index is 2.11. The molecule has 1 aliphatic carbocycles. The molecule has 1 rings (SSSR count). The molecule has 1 saturated carbocycles. The van der Waals surface area contributed by atoms with Crippen LogP contribution < -0.4 is 5.73 Å². The highest BCUT2D eigenvalue weighted by molar-refractivity contribution is 5.79. The van der Waals surface area contributed by atoms with Gasteiger partial charge in [0.1, 0.15) is 5.84 Å². The Kier molecular flexibility index (Phi) is 4.73. The largest absolute Gasteiger partial charge is 0.409 e. The molecule has 0 radical (unpaired) electrons. The molecule has 4 heteroatoms. The Morgan fingerprint density at radius 2 is 2.36 bits per heavy atom. The van der Waals surface area contributed by atoms with Crippen molar-refractivity contribution in [3.8, 4) is 0 Å². The number of hydrogen-bond donors (Lipinski definition) is 2. The van der Waals surface area contributed by atoms with E-state index in [2.05, 4.69) is 12.1 Å². The second kappa shape index (κ2) is 5.86. The van der Waals surface area contributed by atoms with E-state index < -0.39 is 0 Å². The summed E-state index contributed by atoms with van der Waals surface area (Å²) >= 11 is 0. The lowest BCUT2D eigenvalue weighted by atomic mass is 9.89. The summed E-state index contributed by atoms with van der Waals surface area (Å²) in [6, 6.07) is 0. The summed E-state index contributed by atoms with van der Waals surface area (Å²) in [5, 5.41) is 11.2. The van der Waals surface area contributed by atoms with E-state index in [0.29, 0.717) is 19.1 Å². The number of oxime groups is 1. The molecule has 82 valence electrons. The van der Waals surface area contributed by atoms with E-state index in [4.69, 9.17) is 15.7 Å². The van der Waals surface area contributed by atoms with Gasteiger partial charge in [-0.15, -0.1) is 0 Å². The van der Waals surface area contributed by atoms with Gasteiger partial charge in [0.05, 0.1) is 12.7 Å². The molecule has 14 heavy (non-hydrogen) atoms. The zero-order valence-corrected chi connectivity index (χ0v) is 8.78. The van der Waals surface area contributed by atoms with Crippen molar-refractivity contribution in [3.05, 3.63) is 0 Å². The first-order valence-electron chi connectivity index (χ1n) is 5.30. The average molecular weight is 200 g/mol.